The number of likely N-dealkylation sites (tertiary alicyclic amines) is 1. The van der Waals surface area contributed by atoms with E-state index in [4.69, 9.17) is 0 Å². The molecular weight excluding hydrogens is 241 g/mol. The molecule has 0 aromatic rings. The zero-order valence-electron chi connectivity index (χ0n) is 12.8. The summed E-state index contributed by atoms with van der Waals surface area (Å²) in [6.45, 7) is 14.9. The minimum atomic E-state index is -0.639. The van der Waals surface area contributed by atoms with Crippen molar-refractivity contribution in [3.05, 3.63) is 0 Å². The molecule has 2 rings (SSSR count). The second kappa shape index (κ2) is 7.00. The fraction of sp³-hybridized carbons (Fsp3) is 1.00. The van der Waals surface area contributed by atoms with Gasteiger partial charge in [-0.3, -0.25) is 4.90 Å². The van der Waals surface area contributed by atoms with Crippen LogP contribution >= 0.6 is 0 Å². The molecule has 0 N–H and O–H groups in total. The molecule has 2 aliphatic heterocycles. The highest BCUT2D eigenvalue weighted by Crippen LogP contribution is 2.23. The first kappa shape index (κ1) is 15.2. The third-order valence-corrected chi connectivity index (χ3v) is 4.84. The molecule has 0 aliphatic carbocycles. The number of halogens is 1. The van der Waals surface area contributed by atoms with Crippen molar-refractivity contribution in [2.45, 2.75) is 39.4 Å². The van der Waals surface area contributed by atoms with Crippen LogP contribution in [0.5, 0.6) is 0 Å². The van der Waals surface area contributed by atoms with Crippen molar-refractivity contribution < 1.29 is 4.39 Å². The van der Waals surface area contributed by atoms with Crippen LogP contribution < -0.4 is 0 Å². The van der Waals surface area contributed by atoms with Gasteiger partial charge in [-0.25, -0.2) is 4.39 Å². The molecule has 0 amide bonds. The Morgan fingerprint density at radius 2 is 1.68 bits per heavy atom. The van der Waals surface area contributed by atoms with Crippen LogP contribution in [0.1, 0.15) is 27.2 Å². The Morgan fingerprint density at radius 3 is 2.21 bits per heavy atom. The van der Waals surface area contributed by atoms with Crippen LogP contribution in [-0.4, -0.2) is 79.3 Å². The number of likely N-dealkylation sites (N-methyl/N-ethyl adjacent to an activating group) is 1. The largest absolute Gasteiger partial charge is 0.301 e. The second-order valence-corrected chi connectivity index (χ2v) is 6.39. The van der Waals surface area contributed by atoms with E-state index < -0.39 is 6.17 Å². The molecule has 2 saturated heterocycles. The topological polar surface area (TPSA) is 9.72 Å². The van der Waals surface area contributed by atoms with E-state index in [9.17, 15) is 4.39 Å². The first-order chi connectivity index (χ1) is 9.10. The number of piperazine rings is 1. The van der Waals surface area contributed by atoms with Crippen LogP contribution in [0.15, 0.2) is 0 Å². The van der Waals surface area contributed by atoms with Gasteiger partial charge in [-0.1, -0.05) is 6.92 Å². The normalized spacial score (nSPS) is 32.1. The zero-order chi connectivity index (χ0) is 13.8. The van der Waals surface area contributed by atoms with Crippen LogP contribution in [0, 0.1) is 5.92 Å². The summed E-state index contributed by atoms with van der Waals surface area (Å²) in [5, 5.41) is 0. The van der Waals surface area contributed by atoms with E-state index in [1.165, 1.54) is 0 Å². The molecule has 0 unspecified atom stereocenters. The third-order valence-electron chi connectivity index (χ3n) is 4.84. The minimum absolute atomic E-state index is 0.253. The lowest BCUT2D eigenvalue weighted by Gasteiger charge is -2.41. The minimum Gasteiger partial charge on any atom is -0.301 e. The summed E-state index contributed by atoms with van der Waals surface area (Å²) in [5.41, 5.74) is 0. The molecule has 112 valence electrons. The van der Waals surface area contributed by atoms with E-state index in [1.807, 2.05) is 0 Å². The van der Waals surface area contributed by atoms with Crippen molar-refractivity contribution in [3.63, 3.8) is 0 Å². The van der Waals surface area contributed by atoms with Gasteiger partial charge in [-0.15, -0.1) is 0 Å². The van der Waals surface area contributed by atoms with Gasteiger partial charge in [0.1, 0.15) is 6.17 Å². The van der Waals surface area contributed by atoms with Crippen molar-refractivity contribution in [2.24, 2.45) is 5.92 Å². The van der Waals surface area contributed by atoms with Gasteiger partial charge in [0.05, 0.1) is 0 Å². The monoisotopic (exact) mass is 271 g/mol. The summed E-state index contributed by atoms with van der Waals surface area (Å²) < 4.78 is 14.3. The first-order valence-electron chi connectivity index (χ1n) is 7.93. The Morgan fingerprint density at radius 1 is 1.05 bits per heavy atom. The molecule has 4 heteroatoms. The van der Waals surface area contributed by atoms with Gasteiger partial charge in [0.15, 0.2) is 0 Å². The Bertz CT molecular complexity index is 264. The maximum atomic E-state index is 14.3. The highest BCUT2D eigenvalue weighted by atomic mass is 19.1. The average Bonchev–Trinajstić information content (AvgIpc) is 2.41. The summed E-state index contributed by atoms with van der Waals surface area (Å²) in [6, 6.07) is 0.479. The van der Waals surface area contributed by atoms with Crippen molar-refractivity contribution in [3.8, 4) is 0 Å². The highest BCUT2D eigenvalue weighted by molar-refractivity contribution is 4.85. The Labute approximate surface area is 117 Å². The zero-order valence-corrected chi connectivity index (χ0v) is 12.8. The predicted molar refractivity (Wildman–Crippen MR) is 78.3 cm³/mol. The van der Waals surface area contributed by atoms with Gasteiger partial charge >= 0.3 is 0 Å². The molecule has 0 aromatic carbocycles. The first-order valence-corrected chi connectivity index (χ1v) is 7.93. The molecule has 3 nitrogen and oxygen atoms in total. The Balaban J connectivity index is 1.75. The lowest BCUT2D eigenvalue weighted by molar-refractivity contribution is 0.0346. The van der Waals surface area contributed by atoms with Gasteiger partial charge in [0.2, 0.25) is 0 Å². The second-order valence-electron chi connectivity index (χ2n) is 6.39. The van der Waals surface area contributed by atoms with E-state index in [0.29, 0.717) is 12.6 Å². The predicted octanol–water partition coefficient (Wildman–Crippen LogP) is 1.69. The van der Waals surface area contributed by atoms with Crippen molar-refractivity contribution in [1.29, 1.82) is 0 Å². The molecule has 19 heavy (non-hydrogen) atoms. The maximum Gasteiger partial charge on any atom is 0.117 e. The SMILES string of the molecule is CCN1CCN(C[C@H]2CCN(C(C)C)C[C@@H]2F)CC1. The highest BCUT2D eigenvalue weighted by Gasteiger charge is 2.31. The van der Waals surface area contributed by atoms with E-state index in [2.05, 4.69) is 35.5 Å². The molecule has 0 aromatic heterocycles. The third kappa shape index (κ3) is 4.14. The summed E-state index contributed by atoms with van der Waals surface area (Å²) in [5.74, 6) is 0.253. The molecule has 0 bridgehead atoms. The maximum absolute atomic E-state index is 14.3. The molecule has 2 aliphatic rings. The van der Waals surface area contributed by atoms with E-state index in [-0.39, 0.29) is 5.92 Å². The smallest absolute Gasteiger partial charge is 0.117 e. The van der Waals surface area contributed by atoms with Crippen molar-refractivity contribution in [1.82, 2.24) is 14.7 Å². The molecule has 2 heterocycles. The van der Waals surface area contributed by atoms with E-state index in [0.717, 1.165) is 52.2 Å². The van der Waals surface area contributed by atoms with Gasteiger partial charge in [0.25, 0.3) is 0 Å². The molecule has 0 radical (unpaired) electrons. The van der Waals surface area contributed by atoms with Crippen molar-refractivity contribution in [2.75, 3.05) is 52.4 Å². The van der Waals surface area contributed by atoms with Gasteiger partial charge < -0.3 is 9.80 Å². The van der Waals surface area contributed by atoms with Crippen LogP contribution in [0.4, 0.5) is 4.39 Å². The number of rotatable bonds is 4. The molecule has 2 atom stereocenters. The van der Waals surface area contributed by atoms with Crippen LogP contribution in [0.2, 0.25) is 0 Å². The molecule has 0 saturated carbocycles. The molecule has 0 spiro atoms. The fourth-order valence-electron chi connectivity index (χ4n) is 3.27. The number of piperidine rings is 1. The number of alkyl halides is 1. The molecule has 2 fully saturated rings. The van der Waals surface area contributed by atoms with Gasteiger partial charge in [-0.05, 0) is 33.4 Å². The average molecular weight is 271 g/mol. The lowest BCUT2D eigenvalue weighted by atomic mass is 9.93. The summed E-state index contributed by atoms with van der Waals surface area (Å²) in [7, 11) is 0. The lowest BCUT2D eigenvalue weighted by Crippen LogP contribution is -2.51. The number of hydrogen-bond acceptors (Lipinski definition) is 3. The quantitative estimate of drug-likeness (QED) is 0.770. The Hall–Kier alpha value is -0.190. The van der Waals surface area contributed by atoms with E-state index in [1.54, 1.807) is 0 Å². The van der Waals surface area contributed by atoms with E-state index >= 15 is 0 Å². The summed E-state index contributed by atoms with van der Waals surface area (Å²) in [6.07, 6.45) is 0.383. The van der Waals surface area contributed by atoms with Crippen LogP contribution in [0.3, 0.4) is 0 Å². The van der Waals surface area contributed by atoms with Gasteiger partial charge in [0, 0.05) is 51.2 Å². The number of hydrogen-bond donors (Lipinski definition) is 0. The molecular formula is C15H30FN3. The summed E-state index contributed by atoms with van der Waals surface area (Å²) in [4.78, 5) is 7.22. The van der Waals surface area contributed by atoms with Gasteiger partial charge in [-0.2, -0.15) is 0 Å². The summed E-state index contributed by atoms with van der Waals surface area (Å²) >= 11 is 0. The fourth-order valence-corrected chi connectivity index (χ4v) is 3.27. The van der Waals surface area contributed by atoms with Crippen LogP contribution in [0.25, 0.3) is 0 Å². The number of nitrogens with zero attached hydrogens (tertiary/aromatic N) is 3. The standard InChI is InChI=1S/C15H30FN3/c1-4-17-7-9-18(10-8-17)11-14-5-6-19(13(2)3)12-15(14)16/h13-15H,4-12H2,1-3H3/t14-,15+/m1/s1. The Kier molecular flexibility index (Phi) is 5.60. The van der Waals surface area contributed by atoms with Crippen molar-refractivity contribution >= 4 is 0 Å². The van der Waals surface area contributed by atoms with Crippen LogP contribution in [-0.2, 0) is 0 Å².